The number of aryl methyl sites for hydroxylation is 1. The Morgan fingerprint density at radius 2 is 1.29 bits per heavy atom. The van der Waals surface area contributed by atoms with Gasteiger partial charge in [0, 0.05) is 38.4 Å². The van der Waals surface area contributed by atoms with Crippen LogP contribution in [0.4, 0.5) is 39.5 Å². The third-order valence-corrected chi connectivity index (χ3v) is 6.13. The fourth-order valence-corrected chi connectivity index (χ4v) is 3.87. The number of alkyl halides is 9. The van der Waals surface area contributed by atoms with Gasteiger partial charge in [-0.1, -0.05) is 6.07 Å². The molecule has 2 aliphatic rings. The lowest BCUT2D eigenvalue weighted by atomic mass is 9.82. The number of aromatic nitrogens is 1. The van der Waals surface area contributed by atoms with E-state index in [2.05, 4.69) is 26.9 Å². The molecule has 1 amide bonds. The summed E-state index contributed by atoms with van der Waals surface area (Å²) in [6, 6.07) is 8.23. The van der Waals surface area contributed by atoms with Crippen LogP contribution in [0.5, 0.6) is 0 Å². The SMILES string of the molecule is Cc1cccc(CN2CCC3(CC2)C(=O)N(CC#N)CCN3C)n1.O=C(O)C(F)(F)F.O=C(O)C(F)(F)F.O=C(O)C(F)(F)F. The first kappa shape index (κ1) is 40.8. The summed E-state index contributed by atoms with van der Waals surface area (Å²) in [4.78, 5) is 50.5. The minimum absolute atomic E-state index is 0.131. The molecule has 2 aliphatic heterocycles. The molecule has 2 saturated heterocycles. The second kappa shape index (κ2) is 16.8. The lowest BCUT2D eigenvalue weighted by molar-refractivity contribution is -0.193. The van der Waals surface area contributed by atoms with Gasteiger partial charge in [0.1, 0.15) is 12.1 Å². The van der Waals surface area contributed by atoms with E-state index in [1.165, 1.54) is 0 Å². The van der Waals surface area contributed by atoms with Crippen molar-refractivity contribution in [2.75, 3.05) is 39.8 Å². The van der Waals surface area contributed by atoms with Gasteiger partial charge in [-0.3, -0.25) is 19.6 Å². The summed E-state index contributed by atoms with van der Waals surface area (Å²) in [5.41, 5.74) is 1.70. The Morgan fingerprint density at radius 1 is 0.867 bits per heavy atom. The van der Waals surface area contributed by atoms with Crippen molar-refractivity contribution in [3.05, 3.63) is 29.6 Å². The van der Waals surface area contributed by atoms with Crippen LogP contribution in [0.25, 0.3) is 0 Å². The van der Waals surface area contributed by atoms with Crippen LogP contribution in [-0.4, -0.2) is 123 Å². The third kappa shape index (κ3) is 14.0. The number of hydrogen-bond donors (Lipinski definition) is 3. The lowest BCUT2D eigenvalue weighted by Crippen LogP contribution is -2.67. The second-order valence-electron chi connectivity index (χ2n) is 9.29. The molecular formula is C24H28F9N5O7. The van der Waals surface area contributed by atoms with E-state index >= 15 is 0 Å². The highest BCUT2D eigenvalue weighted by molar-refractivity contribution is 5.87. The number of likely N-dealkylation sites (tertiary alicyclic amines) is 1. The van der Waals surface area contributed by atoms with Gasteiger partial charge in [-0.05, 0) is 38.9 Å². The van der Waals surface area contributed by atoms with Crippen LogP contribution in [0.3, 0.4) is 0 Å². The number of pyridine rings is 1. The fraction of sp³-hybridized carbons (Fsp3) is 0.583. The van der Waals surface area contributed by atoms with Crippen molar-refractivity contribution in [1.82, 2.24) is 19.7 Å². The van der Waals surface area contributed by atoms with Crippen molar-refractivity contribution >= 4 is 23.8 Å². The number of aliphatic carboxylic acids is 3. The van der Waals surface area contributed by atoms with Crippen molar-refractivity contribution in [2.24, 2.45) is 0 Å². The molecule has 3 rings (SSSR count). The zero-order chi connectivity index (χ0) is 35.4. The molecule has 21 heteroatoms. The number of piperazine rings is 1. The maximum absolute atomic E-state index is 12.9. The van der Waals surface area contributed by atoms with E-state index in [0.717, 1.165) is 50.4 Å². The van der Waals surface area contributed by atoms with Crippen LogP contribution in [0.15, 0.2) is 18.2 Å². The van der Waals surface area contributed by atoms with Crippen molar-refractivity contribution in [1.29, 1.82) is 5.26 Å². The van der Waals surface area contributed by atoms with Gasteiger partial charge in [0.25, 0.3) is 0 Å². The first-order chi connectivity index (χ1) is 20.4. The Bertz CT molecular complexity index is 1150. The number of piperidine rings is 1. The molecule has 0 saturated carbocycles. The number of rotatable bonds is 3. The van der Waals surface area contributed by atoms with Gasteiger partial charge in [-0.2, -0.15) is 44.8 Å². The number of carboxylic acids is 3. The van der Waals surface area contributed by atoms with Gasteiger partial charge in [-0.15, -0.1) is 0 Å². The molecule has 1 aromatic rings. The monoisotopic (exact) mass is 669 g/mol. The fourth-order valence-electron chi connectivity index (χ4n) is 3.87. The average molecular weight is 669 g/mol. The zero-order valence-corrected chi connectivity index (χ0v) is 23.5. The van der Waals surface area contributed by atoms with Crippen LogP contribution in [0.2, 0.25) is 0 Å². The Kier molecular flexibility index (Phi) is 15.2. The van der Waals surface area contributed by atoms with E-state index < -0.39 is 42.0 Å². The van der Waals surface area contributed by atoms with Gasteiger partial charge in [0.05, 0.1) is 11.8 Å². The summed E-state index contributed by atoms with van der Waals surface area (Å²) in [5.74, 6) is -8.14. The first-order valence-electron chi connectivity index (χ1n) is 12.3. The number of amides is 1. The van der Waals surface area contributed by atoms with Crippen LogP contribution in [0.1, 0.15) is 24.2 Å². The number of carbonyl (C=O) groups is 4. The normalized spacial score (nSPS) is 16.9. The van der Waals surface area contributed by atoms with Crippen LogP contribution < -0.4 is 0 Å². The van der Waals surface area contributed by atoms with E-state index in [-0.39, 0.29) is 12.5 Å². The Hall–Kier alpha value is -4.19. The average Bonchev–Trinajstić information content (AvgIpc) is 2.90. The smallest absolute Gasteiger partial charge is 0.475 e. The summed E-state index contributed by atoms with van der Waals surface area (Å²) in [6.07, 6.45) is -13.6. The van der Waals surface area contributed by atoms with Crippen LogP contribution in [0, 0.1) is 18.3 Å². The Labute approximate surface area is 249 Å². The van der Waals surface area contributed by atoms with Gasteiger partial charge >= 0.3 is 36.4 Å². The summed E-state index contributed by atoms with van der Waals surface area (Å²) in [5, 5.41) is 30.3. The first-order valence-corrected chi connectivity index (χ1v) is 12.3. The second-order valence-corrected chi connectivity index (χ2v) is 9.29. The van der Waals surface area contributed by atoms with Crippen LogP contribution in [-0.2, 0) is 25.7 Å². The topological polar surface area (TPSA) is 175 Å². The molecule has 0 bridgehead atoms. The molecule has 2 fully saturated rings. The van der Waals surface area contributed by atoms with Crippen molar-refractivity contribution in [2.45, 2.75) is 50.4 Å². The molecule has 0 radical (unpaired) electrons. The standard InChI is InChI=1S/C18H25N5O.3C2HF3O2/c1-15-4-3-5-16(20-15)14-22-9-6-18(7-10-22)17(24)23(11-8-19)13-12-21(18)2;3*3-2(4,5)1(6)7/h3-5H,6-7,9-14H2,1-2H3;3*(H,6,7). The largest absolute Gasteiger partial charge is 0.490 e. The quantitative estimate of drug-likeness (QED) is 0.319. The summed E-state index contributed by atoms with van der Waals surface area (Å²) in [6.45, 7) is 6.30. The Balaban J connectivity index is 0.000000753. The van der Waals surface area contributed by atoms with Crippen molar-refractivity contribution < 1.29 is 74.0 Å². The molecule has 1 spiro atoms. The molecule has 1 aromatic heterocycles. The molecule has 0 unspecified atom stereocenters. The third-order valence-electron chi connectivity index (χ3n) is 6.13. The highest BCUT2D eigenvalue weighted by Crippen LogP contribution is 2.33. The molecule has 12 nitrogen and oxygen atoms in total. The molecular weight excluding hydrogens is 641 g/mol. The maximum atomic E-state index is 12.9. The highest BCUT2D eigenvalue weighted by atomic mass is 19.4. The number of nitriles is 1. The molecule has 0 aromatic carbocycles. The van der Waals surface area contributed by atoms with E-state index in [0.29, 0.717) is 6.54 Å². The predicted octanol–water partition coefficient (Wildman–Crippen LogP) is 2.92. The minimum atomic E-state index is -5.08. The van der Waals surface area contributed by atoms with Crippen molar-refractivity contribution in [3.63, 3.8) is 0 Å². The van der Waals surface area contributed by atoms with Gasteiger partial charge < -0.3 is 20.2 Å². The minimum Gasteiger partial charge on any atom is -0.475 e. The number of likely N-dealkylation sites (N-methyl/N-ethyl adjacent to an activating group) is 1. The summed E-state index contributed by atoms with van der Waals surface area (Å²) in [7, 11) is 2.04. The van der Waals surface area contributed by atoms with E-state index in [1.54, 1.807) is 4.90 Å². The molecule has 3 heterocycles. The molecule has 45 heavy (non-hydrogen) atoms. The van der Waals surface area contributed by atoms with Gasteiger partial charge in [-0.25, -0.2) is 14.4 Å². The number of carbonyl (C=O) groups excluding carboxylic acids is 1. The summed E-state index contributed by atoms with van der Waals surface area (Å²) >= 11 is 0. The lowest BCUT2D eigenvalue weighted by Gasteiger charge is -2.51. The maximum Gasteiger partial charge on any atom is 0.490 e. The predicted molar refractivity (Wildman–Crippen MR) is 132 cm³/mol. The Morgan fingerprint density at radius 3 is 1.64 bits per heavy atom. The molecule has 3 N–H and O–H groups in total. The number of nitrogens with zero attached hydrogens (tertiary/aromatic N) is 5. The molecule has 0 aliphatic carbocycles. The molecule has 0 atom stereocenters. The number of halogens is 9. The zero-order valence-electron chi connectivity index (χ0n) is 23.5. The van der Waals surface area contributed by atoms with Gasteiger partial charge in [0.2, 0.25) is 5.91 Å². The van der Waals surface area contributed by atoms with Crippen molar-refractivity contribution in [3.8, 4) is 6.07 Å². The molecule has 254 valence electrons. The van der Waals surface area contributed by atoms with Crippen LogP contribution >= 0.6 is 0 Å². The van der Waals surface area contributed by atoms with E-state index in [1.807, 2.05) is 26.1 Å². The summed E-state index contributed by atoms with van der Waals surface area (Å²) < 4.78 is 95.2. The highest BCUT2D eigenvalue weighted by Gasteiger charge is 2.49. The van der Waals surface area contributed by atoms with Gasteiger partial charge in [0.15, 0.2) is 0 Å². The van der Waals surface area contributed by atoms with E-state index in [9.17, 15) is 44.3 Å². The number of carboxylic acid groups (broad SMARTS) is 3. The van der Waals surface area contributed by atoms with E-state index in [4.69, 9.17) is 35.0 Å². The number of hydrogen-bond acceptors (Lipinski definition) is 8.